The molecule has 0 saturated heterocycles. The van der Waals surface area contributed by atoms with E-state index in [2.05, 4.69) is 4.98 Å². The van der Waals surface area contributed by atoms with Crippen molar-refractivity contribution in [2.24, 2.45) is 0 Å². The molecule has 0 fully saturated rings. The molecule has 37 heavy (non-hydrogen) atoms. The van der Waals surface area contributed by atoms with Crippen molar-refractivity contribution in [2.75, 3.05) is 31.4 Å². The number of carbonyl (C=O) groups is 2. The van der Waals surface area contributed by atoms with Crippen molar-refractivity contribution < 1.29 is 27.5 Å². The van der Waals surface area contributed by atoms with Gasteiger partial charge >= 0.3 is 16.2 Å². The van der Waals surface area contributed by atoms with E-state index >= 15 is 0 Å². The first-order chi connectivity index (χ1) is 17.7. The zero-order valence-corrected chi connectivity index (χ0v) is 23.0. The molecule has 0 aliphatic carbocycles. The summed E-state index contributed by atoms with van der Waals surface area (Å²) in [5, 5.41) is 1.94. The first-order valence-electron chi connectivity index (χ1n) is 11.5. The average molecular weight is 547 g/mol. The fraction of sp³-hybridized carbons (Fsp3) is 0.320. The summed E-state index contributed by atoms with van der Waals surface area (Å²) in [4.78, 5) is 28.0. The highest BCUT2D eigenvalue weighted by molar-refractivity contribution is 8.05. The Balaban J connectivity index is 1.98. The molecule has 12 heteroatoms. The average Bonchev–Trinajstić information content (AvgIpc) is 3.20. The minimum absolute atomic E-state index is 0.0674. The molecule has 0 amide bonds. The van der Waals surface area contributed by atoms with Gasteiger partial charge in [0.25, 0.3) is 5.62 Å². The Hall–Kier alpha value is -3.35. The summed E-state index contributed by atoms with van der Waals surface area (Å²) in [7, 11) is -1.10. The number of benzene rings is 2. The molecule has 2 aromatic carbocycles. The Morgan fingerprint density at radius 2 is 1.78 bits per heavy atom. The number of rotatable bonds is 11. The second-order valence-corrected chi connectivity index (χ2v) is 10.4. The molecule has 1 aromatic heterocycles. The number of para-hydroxylation sites is 1. The molecule has 10 nitrogen and oxygen atoms in total. The molecule has 1 heterocycles. The van der Waals surface area contributed by atoms with Crippen molar-refractivity contribution in [3.05, 3.63) is 59.9 Å². The van der Waals surface area contributed by atoms with Crippen LogP contribution >= 0.6 is 11.8 Å². The van der Waals surface area contributed by atoms with Crippen LogP contribution < -0.4 is 9.15 Å². The van der Waals surface area contributed by atoms with Gasteiger partial charge in [0, 0.05) is 26.1 Å². The van der Waals surface area contributed by atoms with Crippen molar-refractivity contribution in [1.29, 1.82) is 0 Å². The van der Waals surface area contributed by atoms with E-state index in [0.29, 0.717) is 35.1 Å². The fourth-order valence-corrected chi connectivity index (χ4v) is 5.32. The van der Waals surface area contributed by atoms with Crippen LogP contribution in [-0.4, -0.2) is 61.7 Å². The number of nitrogens with zero attached hydrogens (tertiary/aromatic N) is 4. The van der Waals surface area contributed by atoms with E-state index in [9.17, 15) is 18.0 Å². The largest absolute Gasteiger partial charge is 0.515 e. The van der Waals surface area contributed by atoms with Crippen molar-refractivity contribution in [2.45, 2.75) is 31.8 Å². The molecule has 0 radical (unpaired) electrons. The lowest BCUT2D eigenvalue weighted by molar-refractivity contribution is 0.0998. The maximum Gasteiger partial charge on any atom is 0.515 e. The summed E-state index contributed by atoms with van der Waals surface area (Å²) in [6.45, 7) is 4.28. The zero-order chi connectivity index (χ0) is 27.2. The smallest absolute Gasteiger partial charge is 0.434 e. The number of aromatic nitrogens is 2. The number of hydrogen-bond donors (Lipinski definition) is 0. The van der Waals surface area contributed by atoms with Crippen LogP contribution in [-0.2, 0) is 32.5 Å². The molecular formula is C25H30N4O6S2. The third-order valence-electron chi connectivity index (χ3n) is 5.36. The molecule has 0 unspecified atom stereocenters. The predicted octanol–water partition coefficient (Wildman–Crippen LogP) is 4.22. The highest BCUT2D eigenvalue weighted by Gasteiger charge is 2.27. The van der Waals surface area contributed by atoms with Crippen molar-refractivity contribution in [3.8, 4) is 17.0 Å². The van der Waals surface area contributed by atoms with Gasteiger partial charge in [-0.3, -0.25) is 9.36 Å². The fourth-order valence-electron chi connectivity index (χ4n) is 3.83. The molecule has 0 aliphatic rings. The number of aryl methyl sites for hydroxylation is 1. The van der Waals surface area contributed by atoms with Gasteiger partial charge in [0.1, 0.15) is 5.82 Å². The number of sulfonamides is 1. The molecule has 0 spiro atoms. The number of thioether (sulfide) groups is 1. The predicted molar refractivity (Wildman–Crippen MR) is 144 cm³/mol. The molecular weight excluding hydrogens is 516 g/mol. The summed E-state index contributed by atoms with van der Waals surface area (Å²) >= 11 is 1.38. The van der Waals surface area contributed by atoms with Gasteiger partial charge in [-0.1, -0.05) is 49.4 Å². The Bertz CT molecular complexity index is 1350. The molecule has 198 valence electrons. The number of anilines is 1. The first kappa shape index (κ1) is 28.2. The van der Waals surface area contributed by atoms with Crippen molar-refractivity contribution in [1.82, 2.24) is 14.6 Å². The lowest BCUT2D eigenvalue weighted by atomic mass is 10.0. The van der Waals surface area contributed by atoms with E-state index in [0.717, 1.165) is 21.4 Å². The molecule has 0 aliphatic heterocycles. The van der Waals surface area contributed by atoms with Gasteiger partial charge in [0.05, 0.1) is 18.8 Å². The normalized spacial score (nSPS) is 11.4. The molecule has 3 aromatic rings. The van der Waals surface area contributed by atoms with Crippen LogP contribution in [0.3, 0.4) is 0 Å². The maximum atomic E-state index is 12.5. The lowest BCUT2D eigenvalue weighted by Gasteiger charge is -2.29. The summed E-state index contributed by atoms with van der Waals surface area (Å²) in [5.74, 6) is 1.09. The summed E-state index contributed by atoms with van der Waals surface area (Å²) < 4.78 is 38.2. The van der Waals surface area contributed by atoms with Crippen LogP contribution in [0.1, 0.15) is 25.2 Å². The molecule has 0 saturated carbocycles. The lowest BCUT2D eigenvalue weighted by Crippen LogP contribution is -2.42. The third kappa shape index (κ3) is 6.32. The first-order valence-corrected chi connectivity index (χ1v) is 14.2. The highest BCUT2D eigenvalue weighted by Crippen LogP contribution is 2.34. The van der Waals surface area contributed by atoms with E-state index in [1.807, 2.05) is 42.0 Å². The standard InChI is InChI=1S/C25H30N4O6S2/c1-6-22-26-23(36-5)24(35-25(31)34-7-2)28(22)16-18-12-14-19(15-13-18)20-10-8-9-11-21(20)29(27(3)4)37(32,33)17-30/h8-15,17H,6-7,16H2,1-5H3. The van der Waals surface area contributed by atoms with Gasteiger partial charge in [-0.15, -0.1) is 11.8 Å². The van der Waals surface area contributed by atoms with E-state index < -0.39 is 16.2 Å². The Kier molecular flexibility index (Phi) is 9.35. The number of ether oxygens (including phenoxy) is 2. The molecule has 0 bridgehead atoms. The quantitative estimate of drug-likeness (QED) is 0.151. The summed E-state index contributed by atoms with van der Waals surface area (Å²) in [6.07, 6.45) is 1.71. The molecule has 3 rings (SSSR count). The van der Waals surface area contributed by atoms with E-state index in [4.69, 9.17) is 9.47 Å². The minimum atomic E-state index is -4.20. The van der Waals surface area contributed by atoms with Crippen LogP contribution in [0.5, 0.6) is 5.88 Å². The Morgan fingerprint density at radius 3 is 2.35 bits per heavy atom. The number of carbonyl (C=O) groups excluding carboxylic acids is 2. The van der Waals surface area contributed by atoms with Crippen molar-refractivity contribution >= 4 is 39.2 Å². The van der Waals surface area contributed by atoms with Crippen LogP contribution in [0.2, 0.25) is 0 Å². The van der Waals surface area contributed by atoms with Gasteiger partial charge < -0.3 is 9.47 Å². The Morgan fingerprint density at radius 1 is 1.11 bits per heavy atom. The van der Waals surface area contributed by atoms with Gasteiger partial charge in [-0.25, -0.2) is 14.8 Å². The molecule has 0 N–H and O–H groups in total. The van der Waals surface area contributed by atoms with E-state index in [1.165, 1.54) is 16.8 Å². The second kappa shape index (κ2) is 12.3. The van der Waals surface area contributed by atoms with Crippen LogP contribution in [0, 0.1) is 0 Å². The van der Waals surface area contributed by atoms with Crippen LogP contribution in [0.25, 0.3) is 11.1 Å². The summed E-state index contributed by atoms with van der Waals surface area (Å²) in [6, 6.07) is 14.5. The van der Waals surface area contributed by atoms with Gasteiger partial charge in [0.15, 0.2) is 5.03 Å². The minimum Gasteiger partial charge on any atom is -0.434 e. The Labute approximate surface area is 221 Å². The van der Waals surface area contributed by atoms with Gasteiger partial charge in [-0.05, 0) is 30.4 Å². The topological polar surface area (TPSA) is 111 Å². The number of imidazole rings is 1. The third-order valence-corrected chi connectivity index (χ3v) is 7.26. The van der Waals surface area contributed by atoms with E-state index in [-0.39, 0.29) is 12.2 Å². The zero-order valence-electron chi connectivity index (χ0n) is 21.4. The van der Waals surface area contributed by atoms with Crippen LogP contribution in [0.15, 0.2) is 53.6 Å². The van der Waals surface area contributed by atoms with Crippen molar-refractivity contribution in [3.63, 3.8) is 0 Å². The number of hydrogen-bond acceptors (Lipinski definition) is 9. The highest BCUT2D eigenvalue weighted by atomic mass is 32.2. The number of hydrazine groups is 1. The van der Waals surface area contributed by atoms with E-state index in [1.54, 1.807) is 45.3 Å². The summed E-state index contributed by atoms with van der Waals surface area (Å²) in [5.41, 5.74) is 2.61. The van der Waals surface area contributed by atoms with Gasteiger partial charge in [0.2, 0.25) is 5.88 Å². The SMILES string of the molecule is CCOC(=O)Oc1c(SC)nc(CC)n1Cc1ccc(-c2ccccc2N(N(C)C)S(=O)(=O)C=O)cc1. The van der Waals surface area contributed by atoms with Crippen LogP contribution in [0.4, 0.5) is 10.5 Å². The monoisotopic (exact) mass is 546 g/mol. The maximum absolute atomic E-state index is 12.5. The molecule has 0 atom stereocenters. The second-order valence-electron chi connectivity index (χ2n) is 8.01. The van der Waals surface area contributed by atoms with Gasteiger partial charge in [-0.2, -0.15) is 12.8 Å².